The number of unbranched alkanes of at least 4 members (excludes halogenated alkanes) is 9. The van der Waals surface area contributed by atoms with Crippen LogP contribution < -0.4 is 39.7 Å². The molecule has 4 N–H and O–H groups in total. The van der Waals surface area contributed by atoms with Gasteiger partial charge in [0.1, 0.15) is 27.7 Å². The highest BCUT2D eigenvalue weighted by molar-refractivity contribution is 5.84. The topological polar surface area (TPSA) is 78.7 Å². The number of aromatic nitrogens is 8. The molecule has 1 aliphatic heterocycles. The fourth-order valence-corrected chi connectivity index (χ4v) is 9.13. The summed E-state index contributed by atoms with van der Waals surface area (Å²) in [5.41, 5.74) is 13.1. The smallest absolute Gasteiger partial charge is 0.169 e. The minimum Gasteiger partial charge on any atom is -0.354 e. The zero-order valence-electron chi connectivity index (χ0n) is 37.4. The Labute approximate surface area is 371 Å². The lowest BCUT2D eigenvalue weighted by Gasteiger charge is -2.09. The van der Waals surface area contributed by atoms with Gasteiger partial charge in [0, 0.05) is 121 Å². The molecule has 8 bridgehead atoms. The number of hydrogen-bond acceptors (Lipinski definition) is 0. The van der Waals surface area contributed by atoms with Crippen molar-refractivity contribution in [3.63, 3.8) is 0 Å². The van der Waals surface area contributed by atoms with Crippen molar-refractivity contribution in [2.75, 3.05) is 0 Å². The maximum absolute atomic E-state index is 3.94. The maximum Gasteiger partial charge on any atom is 0.169 e. The van der Waals surface area contributed by atoms with Crippen LogP contribution in [0.3, 0.4) is 0 Å². The average molecular weight is 835 g/mol. The highest BCUT2D eigenvalue weighted by atomic mass is 14.9. The molecule has 8 aromatic rings. The normalized spacial score (nSPS) is 12.7. The number of nitrogens with one attached hydrogen (secondary N) is 4. The number of rotatable bonds is 15. The van der Waals surface area contributed by atoms with E-state index in [1.165, 1.54) is 64.2 Å². The van der Waals surface area contributed by atoms with Gasteiger partial charge >= 0.3 is 0 Å². The summed E-state index contributed by atoms with van der Waals surface area (Å²) in [5.74, 6) is 0. The quantitative estimate of drug-likeness (QED) is 0.0725. The zero-order valence-corrected chi connectivity index (χ0v) is 37.4. The van der Waals surface area contributed by atoms with E-state index in [4.69, 9.17) is 0 Å². The second kappa shape index (κ2) is 19.1. The van der Waals surface area contributed by atoms with Gasteiger partial charge in [0.2, 0.25) is 0 Å². The Morgan fingerprint density at radius 2 is 0.603 bits per heavy atom. The fraction of sp³-hybridized carbons (Fsp3) is 0.273. The van der Waals surface area contributed by atoms with Crippen LogP contribution in [0.2, 0.25) is 0 Å². The molecule has 318 valence electrons. The molecule has 0 fully saturated rings. The van der Waals surface area contributed by atoms with E-state index in [1.807, 2.05) is 0 Å². The lowest BCUT2D eigenvalue weighted by Crippen LogP contribution is -2.32. The molecule has 9 rings (SSSR count). The standard InChI is InChI=1S/C55H60N8/c1-5-6-7-8-9-10-11-12-13-14-31-63-38-29-43(30-39-63)55-50-21-19-48(58-50)53(41-25-34-61(3)35-26-41)46-17-15-44(56-46)52(40-23-32-60(2)33-24-40)45-16-18-47(57-45)54(49-20-22-51(55)59-49)42-27-36-62(4)37-28-42/h15-30,32-39H,5-14,31H2,1-4H3,(H2,56,57,58,59)/q+2/p+2. The Kier molecular flexibility index (Phi) is 12.6. The first-order chi connectivity index (χ1) is 30.9. The maximum atomic E-state index is 3.94. The second-order valence-corrected chi connectivity index (χ2v) is 17.4. The molecular weight excluding hydrogens is 773 g/mol. The van der Waals surface area contributed by atoms with Crippen LogP contribution in [0.4, 0.5) is 0 Å². The molecule has 0 amide bonds. The van der Waals surface area contributed by atoms with Gasteiger partial charge in [-0.1, -0.05) is 58.3 Å². The monoisotopic (exact) mass is 835 g/mol. The molecule has 0 aliphatic carbocycles. The first-order valence-corrected chi connectivity index (χ1v) is 23.0. The van der Waals surface area contributed by atoms with Gasteiger partial charge in [-0.15, -0.1) is 0 Å². The van der Waals surface area contributed by atoms with E-state index < -0.39 is 0 Å². The summed E-state index contributed by atoms with van der Waals surface area (Å²) >= 11 is 0. The first-order valence-electron chi connectivity index (χ1n) is 23.0. The number of aromatic amines is 4. The second-order valence-electron chi connectivity index (χ2n) is 17.4. The highest BCUT2D eigenvalue weighted by Gasteiger charge is 2.20. The summed E-state index contributed by atoms with van der Waals surface area (Å²) in [7, 11) is 6.18. The summed E-state index contributed by atoms with van der Waals surface area (Å²) in [6.07, 6.45) is 30.6. The van der Waals surface area contributed by atoms with Crippen molar-refractivity contribution in [3.05, 3.63) is 213 Å². The zero-order chi connectivity index (χ0) is 43.1. The predicted octanol–water partition coefficient (Wildman–Crippen LogP) is 5.98. The summed E-state index contributed by atoms with van der Waals surface area (Å²) in [5, 5.41) is 4.15. The molecule has 9 heterocycles. The Hall–Kier alpha value is -6.80. The highest BCUT2D eigenvalue weighted by Crippen LogP contribution is 2.27. The summed E-state index contributed by atoms with van der Waals surface area (Å²) in [6.45, 7) is 3.32. The van der Waals surface area contributed by atoms with Crippen molar-refractivity contribution in [2.45, 2.75) is 77.7 Å². The van der Waals surface area contributed by atoms with Crippen molar-refractivity contribution in [2.24, 2.45) is 21.1 Å². The summed E-state index contributed by atoms with van der Waals surface area (Å²) in [6, 6.07) is 35.5. The van der Waals surface area contributed by atoms with Crippen LogP contribution in [-0.2, 0) is 27.7 Å². The number of aryl methyl sites for hydroxylation is 4. The third-order valence-electron chi connectivity index (χ3n) is 12.6. The molecule has 0 saturated heterocycles. The molecule has 8 heteroatoms. The number of pyridine rings is 4. The molecule has 0 atom stereocenters. The van der Waals surface area contributed by atoms with Crippen molar-refractivity contribution in [1.82, 2.24) is 19.9 Å². The van der Waals surface area contributed by atoms with E-state index >= 15 is 0 Å². The van der Waals surface area contributed by atoms with E-state index in [-0.39, 0.29) is 0 Å². The minimum absolute atomic E-state index is 1.03. The molecule has 8 nitrogen and oxygen atoms in total. The van der Waals surface area contributed by atoms with E-state index in [0.717, 1.165) is 95.3 Å². The molecule has 63 heavy (non-hydrogen) atoms. The van der Waals surface area contributed by atoms with Crippen molar-refractivity contribution in [3.8, 4) is 0 Å². The van der Waals surface area contributed by atoms with Gasteiger partial charge in [0.15, 0.2) is 49.6 Å². The van der Waals surface area contributed by atoms with E-state index in [9.17, 15) is 0 Å². The lowest BCUT2D eigenvalue weighted by atomic mass is 10.0. The van der Waals surface area contributed by atoms with Crippen LogP contribution in [0.15, 0.2) is 147 Å². The van der Waals surface area contributed by atoms with Gasteiger partial charge in [-0.25, -0.2) is 18.3 Å². The van der Waals surface area contributed by atoms with E-state index in [2.05, 4.69) is 213 Å². The molecule has 0 unspecified atom stereocenters. The minimum atomic E-state index is 1.03. The molecule has 8 aromatic heterocycles. The Balaban J connectivity index is 1.18. The van der Waals surface area contributed by atoms with E-state index in [1.54, 1.807) is 0 Å². The van der Waals surface area contributed by atoms with Crippen LogP contribution in [0.5, 0.6) is 0 Å². The third-order valence-corrected chi connectivity index (χ3v) is 12.6. The summed E-state index contributed by atoms with van der Waals surface area (Å²) < 4.78 is 8.58. The number of nitrogens with zero attached hydrogens (tertiary/aromatic N) is 4. The van der Waals surface area contributed by atoms with Crippen LogP contribution in [-0.4, -0.2) is 19.9 Å². The SMILES string of the molecule is CCCCCCCCCCCC[n+]1ccc(C2=c3ccc([nH]3)=C(c3cc[n+](C)cc3)c3ccc([nH]3)C(c3cc[n+](C)cc3)=c3ccc([nH]3)=C(c3cc[n+](C)cc3)c3ccc2[nH]3)cc1. The van der Waals surface area contributed by atoms with Crippen LogP contribution in [0.1, 0.15) is 116 Å². The molecule has 0 spiro atoms. The Morgan fingerprint density at radius 3 is 0.921 bits per heavy atom. The number of hydrogen-bond donors (Lipinski definition) is 4. The van der Waals surface area contributed by atoms with Crippen molar-refractivity contribution >= 4 is 22.3 Å². The van der Waals surface area contributed by atoms with Crippen LogP contribution >= 0.6 is 0 Å². The van der Waals surface area contributed by atoms with Gasteiger partial charge in [-0.05, 0) is 77.2 Å². The molecule has 0 radical (unpaired) electrons. The Bertz CT molecular complexity index is 3050. The molecule has 0 saturated carbocycles. The van der Waals surface area contributed by atoms with Crippen LogP contribution in [0.25, 0.3) is 22.3 Å². The average Bonchev–Trinajstić information content (AvgIpc) is 4.15. The first kappa shape index (κ1) is 41.5. The van der Waals surface area contributed by atoms with Crippen molar-refractivity contribution in [1.29, 1.82) is 0 Å². The largest absolute Gasteiger partial charge is 0.354 e. The molecule has 0 aromatic carbocycles. The van der Waals surface area contributed by atoms with Gasteiger partial charge in [-0.2, -0.15) is 0 Å². The lowest BCUT2D eigenvalue weighted by molar-refractivity contribution is -0.697. The van der Waals surface area contributed by atoms with Gasteiger partial charge in [0.25, 0.3) is 0 Å². The van der Waals surface area contributed by atoms with Crippen molar-refractivity contribution < 1.29 is 18.3 Å². The van der Waals surface area contributed by atoms with Gasteiger partial charge < -0.3 is 19.9 Å². The number of H-pyrrole nitrogens is 4. The van der Waals surface area contributed by atoms with Crippen LogP contribution in [0, 0.1) is 0 Å². The molecular formula is C55H62N8+4. The Morgan fingerprint density at radius 1 is 0.317 bits per heavy atom. The number of fused-ring (bicyclic) bond motifs is 8. The van der Waals surface area contributed by atoms with Gasteiger partial charge in [0.05, 0.1) is 0 Å². The van der Waals surface area contributed by atoms with E-state index in [0.29, 0.717) is 0 Å². The predicted molar refractivity (Wildman–Crippen MR) is 249 cm³/mol. The fourth-order valence-electron chi connectivity index (χ4n) is 9.13. The summed E-state index contributed by atoms with van der Waals surface area (Å²) in [4.78, 5) is 15.7. The third kappa shape index (κ3) is 9.36. The van der Waals surface area contributed by atoms with Gasteiger partial charge in [-0.3, -0.25) is 0 Å². The molecule has 1 aliphatic rings.